The number of carbonyl (C=O) groups is 2. The summed E-state index contributed by atoms with van der Waals surface area (Å²) in [6.07, 6.45) is 0.405. The largest absolute Gasteiger partial charge is 0.490 e. The van der Waals surface area contributed by atoms with Crippen LogP contribution in [-0.2, 0) is 11.2 Å². The summed E-state index contributed by atoms with van der Waals surface area (Å²) >= 11 is 0. The SMILES string of the molecule is CCOc1c(F)cccc1C(=O)Nc1ccc(CC(C)C(=O)O)cc1. The van der Waals surface area contributed by atoms with Crippen molar-refractivity contribution in [3.63, 3.8) is 0 Å². The molecule has 0 bridgehead atoms. The highest BCUT2D eigenvalue weighted by atomic mass is 19.1. The lowest BCUT2D eigenvalue weighted by atomic mass is 10.0. The summed E-state index contributed by atoms with van der Waals surface area (Å²) in [4.78, 5) is 23.3. The Morgan fingerprint density at radius 1 is 1.20 bits per heavy atom. The van der Waals surface area contributed by atoms with Gasteiger partial charge in [-0.3, -0.25) is 9.59 Å². The van der Waals surface area contributed by atoms with Gasteiger partial charge < -0.3 is 15.2 Å². The quantitative estimate of drug-likeness (QED) is 0.801. The summed E-state index contributed by atoms with van der Waals surface area (Å²) in [6.45, 7) is 3.60. The van der Waals surface area contributed by atoms with Crippen molar-refractivity contribution < 1.29 is 23.8 Å². The number of anilines is 1. The molecule has 2 rings (SSSR count). The molecule has 25 heavy (non-hydrogen) atoms. The van der Waals surface area contributed by atoms with Gasteiger partial charge in [-0.2, -0.15) is 0 Å². The van der Waals surface area contributed by atoms with E-state index in [2.05, 4.69) is 5.32 Å². The second-order valence-corrected chi connectivity index (χ2v) is 5.64. The van der Waals surface area contributed by atoms with Gasteiger partial charge in [0.1, 0.15) is 0 Å². The van der Waals surface area contributed by atoms with Gasteiger partial charge >= 0.3 is 5.97 Å². The number of para-hydroxylation sites is 1. The van der Waals surface area contributed by atoms with Crippen molar-refractivity contribution in [2.24, 2.45) is 5.92 Å². The van der Waals surface area contributed by atoms with E-state index in [1.54, 1.807) is 38.1 Å². The van der Waals surface area contributed by atoms with Gasteiger partial charge in [-0.25, -0.2) is 4.39 Å². The van der Waals surface area contributed by atoms with Crippen LogP contribution < -0.4 is 10.1 Å². The zero-order chi connectivity index (χ0) is 18.4. The number of rotatable bonds is 7. The fourth-order valence-electron chi connectivity index (χ4n) is 2.34. The highest BCUT2D eigenvalue weighted by Gasteiger charge is 2.17. The third-order valence-electron chi connectivity index (χ3n) is 3.68. The third-order valence-corrected chi connectivity index (χ3v) is 3.68. The molecular formula is C19H20FNO4. The van der Waals surface area contributed by atoms with E-state index in [0.717, 1.165) is 5.56 Å². The molecule has 2 aromatic rings. The Morgan fingerprint density at radius 3 is 2.48 bits per heavy atom. The van der Waals surface area contributed by atoms with E-state index in [1.165, 1.54) is 18.2 Å². The maximum absolute atomic E-state index is 13.8. The second kappa shape index (κ2) is 8.28. The summed E-state index contributed by atoms with van der Waals surface area (Å²) in [6, 6.07) is 11.0. The van der Waals surface area contributed by atoms with Crippen molar-refractivity contribution in [2.75, 3.05) is 11.9 Å². The summed E-state index contributed by atoms with van der Waals surface area (Å²) in [5.74, 6) is -2.48. The first-order valence-electron chi connectivity index (χ1n) is 7.96. The molecule has 0 saturated heterocycles. The summed E-state index contributed by atoms with van der Waals surface area (Å²) in [7, 11) is 0. The first-order chi connectivity index (χ1) is 11.9. The van der Waals surface area contributed by atoms with Gasteiger partial charge in [0.25, 0.3) is 5.91 Å². The molecule has 0 aliphatic rings. The molecule has 0 spiro atoms. The van der Waals surface area contributed by atoms with Crippen LogP contribution in [0.15, 0.2) is 42.5 Å². The zero-order valence-corrected chi connectivity index (χ0v) is 14.1. The first-order valence-corrected chi connectivity index (χ1v) is 7.96. The lowest BCUT2D eigenvalue weighted by molar-refractivity contribution is -0.141. The number of carboxylic acid groups (broad SMARTS) is 1. The van der Waals surface area contributed by atoms with Crippen molar-refractivity contribution in [1.29, 1.82) is 0 Å². The topological polar surface area (TPSA) is 75.6 Å². The zero-order valence-electron chi connectivity index (χ0n) is 14.1. The molecule has 132 valence electrons. The Hall–Kier alpha value is -2.89. The Kier molecular flexibility index (Phi) is 6.11. The Balaban J connectivity index is 2.11. The number of nitrogens with one attached hydrogen (secondary N) is 1. The number of carboxylic acids is 1. The second-order valence-electron chi connectivity index (χ2n) is 5.64. The van der Waals surface area contributed by atoms with Crippen LogP contribution in [-0.4, -0.2) is 23.6 Å². The summed E-state index contributed by atoms with van der Waals surface area (Å²) in [5, 5.41) is 11.6. The van der Waals surface area contributed by atoms with Crippen molar-refractivity contribution in [1.82, 2.24) is 0 Å². The molecule has 2 aromatic carbocycles. The minimum Gasteiger partial charge on any atom is -0.490 e. The first kappa shape index (κ1) is 18.4. The summed E-state index contributed by atoms with van der Waals surface area (Å²) in [5.41, 5.74) is 1.50. The van der Waals surface area contributed by atoms with Crippen LogP contribution in [0.2, 0.25) is 0 Å². The minimum absolute atomic E-state index is 0.0746. The molecule has 2 N–H and O–H groups in total. The maximum Gasteiger partial charge on any atom is 0.306 e. The molecule has 0 aliphatic heterocycles. The fraction of sp³-hybridized carbons (Fsp3) is 0.263. The van der Waals surface area contributed by atoms with Crippen LogP contribution >= 0.6 is 0 Å². The van der Waals surface area contributed by atoms with Crippen LogP contribution in [0, 0.1) is 11.7 Å². The molecule has 5 nitrogen and oxygen atoms in total. The molecule has 0 radical (unpaired) electrons. The number of aliphatic carboxylic acids is 1. The van der Waals surface area contributed by atoms with E-state index < -0.39 is 23.6 Å². The van der Waals surface area contributed by atoms with Gasteiger partial charge in [-0.1, -0.05) is 25.1 Å². The number of hydrogen-bond acceptors (Lipinski definition) is 3. The standard InChI is InChI=1S/C19H20FNO4/c1-3-25-17-15(5-4-6-16(17)20)18(22)21-14-9-7-13(8-10-14)11-12(2)19(23)24/h4-10,12H,3,11H2,1-2H3,(H,21,22)(H,23,24). The number of hydrogen-bond donors (Lipinski definition) is 2. The van der Waals surface area contributed by atoms with Crippen LogP contribution in [0.25, 0.3) is 0 Å². The average molecular weight is 345 g/mol. The van der Waals surface area contributed by atoms with Crippen molar-refractivity contribution in [3.8, 4) is 5.75 Å². The molecule has 0 saturated carbocycles. The molecule has 1 amide bonds. The van der Waals surface area contributed by atoms with Gasteiger partial charge in [0.05, 0.1) is 18.1 Å². The highest BCUT2D eigenvalue weighted by Crippen LogP contribution is 2.24. The number of benzene rings is 2. The Labute approximate surface area is 145 Å². The van der Waals surface area contributed by atoms with E-state index in [0.29, 0.717) is 12.1 Å². The van der Waals surface area contributed by atoms with Gasteiger partial charge in [0.15, 0.2) is 11.6 Å². The van der Waals surface area contributed by atoms with E-state index in [4.69, 9.17) is 9.84 Å². The normalized spacial score (nSPS) is 11.6. The van der Waals surface area contributed by atoms with Crippen molar-refractivity contribution >= 4 is 17.6 Å². The number of carbonyl (C=O) groups excluding carboxylic acids is 1. The van der Waals surface area contributed by atoms with Crippen LogP contribution in [0.3, 0.4) is 0 Å². The van der Waals surface area contributed by atoms with Crippen molar-refractivity contribution in [3.05, 3.63) is 59.4 Å². The lowest BCUT2D eigenvalue weighted by Crippen LogP contribution is -2.15. The number of ether oxygens (including phenoxy) is 1. The smallest absolute Gasteiger partial charge is 0.306 e. The molecule has 0 aliphatic carbocycles. The lowest BCUT2D eigenvalue weighted by Gasteiger charge is -2.12. The molecule has 0 fully saturated rings. The van der Waals surface area contributed by atoms with Crippen LogP contribution in [0.1, 0.15) is 29.8 Å². The summed E-state index contributed by atoms with van der Waals surface area (Å²) < 4.78 is 19.0. The van der Waals surface area contributed by atoms with Crippen LogP contribution in [0.5, 0.6) is 5.75 Å². The molecule has 1 atom stereocenters. The predicted molar refractivity (Wildman–Crippen MR) is 92.5 cm³/mol. The van der Waals surface area contributed by atoms with E-state index >= 15 is 0 Å². The maximum atomic E-state index is 13.8. The van der Waals surface area contributed by atoms with E-state index in [1.807, 2.05) is 0 Å². The molecule has 0 heterocycles. The van der Waals surface area contributed by atoms with E-state index in [9.17, 15) is 14.0 Å². The van der Waals surface area contributed by atoms with Gasteiger partial charge in [0, 0.05) is 5.69 Å². The van der Waals surface area contributed by atoms with Gasteiger partial charge in [0.2, 0.25) is 0 Å². The predicted octanol–water partition coefficient (Wildman–Crippen LogP) is 3.74. The monoisotopic (exact) mass is 345 g/mol. The van der Waals surface area contributed by atoms with Crippen LogP contribution in [0.4, 0.5) is 10.1 Å². The Bertz CT molecular complexity index is 759. The molecule has 6 heteroatoms. The van der Waals surface area contributed by atoms with E-state index in [-0.39, 0.29) is 17.9 Å². The fourth-order valence-corrected chi connectivity index (χ4v) is 2.34. The molecule has 1 unspecified atom stereocenters. The van der Waals surface area contributed by atoms with Gasteiger partial charge in [-0.05, 0) is 43.2 Å². The number of halogens is 1. The minimum atomic E-state index is -0.855. The molecule has 0 aromatic heterocycles. The Morgan fingerprint density at radius 2 is 1.88 bits per heavy atom. The highest BCUT2D eigenvalue weighted by molar-refractivity contribution is 6.06. The average Bonchev–Trinajstić information content (AvgIpc) is 2.58. The van der Waals surface area contributed by atoms with Crippen molar-refractivity contribution in [2.45, 2.75) is 20.3 Å². The number of amides is 1. The molecular weight excluding hydrogens is 325 g/mol. The van der Waals surface area contributed by atoms with Gasteiger partial charge in [-0.15, -0.1) is 0 Å². The third kappa shape index (κ3) is 4.79.